The van der Waals surface area contributed by atoms with E-state index in [2.05, 4.69) is 46.8 Å². The van der Waals surface area contributed by atoms with E-state index in [4.69, 9.17) is 14.2 Å². The van der Waals surface area contributed by atoms with Gasteiger partial charge in [0.25, 0.3) is 0 Å². The van der Waals surface area contributed by atoms with Gasteiger partial charge in [-0.3, -0.25) is 9.59 Å². The van der Waals surface area contributed by atoms with Crippen LogP contribution in [0.1, 0.15) is 92.9 Å². The summed E-state index contributed by atoms with van der Waals surface area (Å²) in [6.45, 7) is 13.5. The predicted octanol–water partition coefficient (Wildman–Crippen LogP) is 6.12. The highest BCUT2D eigenvalue weighted by molar-refractivity contribution is 5.74. The SMILES string of the molecule is C[C@@H]1C[C@]2(C[C@@H](C)[C@H]3[C@@H](C[C@@]4(C)[C@@H]5CC[C@@H]6C(=CCC(=O)OC6(C)C)CC5=CC[C@]34C)O2)OC1=O. The van der Waals surface area contributed by atoms with Gasteiger partial charge in [-0.2, -0.15) is 0 Å². The molecule has 2 saturated heterocycles. The van der Waals surface area contributed by atoms with Gasteiger partial charge in [0.1, 0.15) is 5.60 Å². The Morgan fingerprint density at radius 3 is 2.29 bits per heavy atom. The monoisotopic (exact) mass is 482 g/mol. The lowest BCUT2D eigenvalue weighted by atomic mass is 9.50. The number of esters is 2. The number of fused-ring (bicyclic) bond motifs is 6. The maximum atomic E-state index is 12.3. The molecule has 0 aromatic rings. The van der Waals surface area contributed by atoms with Gasteiger partial charge in [0.05, 0.1) is 18.4 Å². The van der Waals surface area contributed by atoms with E-state index in [0.29, 0.717) is 30.6 Å². The summed E-state index contributed by atoms with van der Waals surface area (Å²) in [5.74, 6) is 0.685. The molecule has 3 aliphatic heterocycles. The van der Waals surface area contributed by atoms with E-state index in [1.54, 1.807) is 5.57 Å². The van der Waals surface area contributed by atoms with Gasteiger partial charge in [0.15, 0.2) is 0 Å². The fraction of sp³-hybridized carbons (Fsp3) is 0.800. The molecule has 0 amide bonds. The van der Waals surface area contributed by atoms with E-state index >= 15 is 0 Å². The molecule has 192 valence electrons. The van der Waals surface area contributed by atoms with Crippen molar-refractivity contribution in [3.8, 4) is 0 Å². The summed E-state index contributed by atoms with van der Waals surface area (Å²) >= 11 is 0. The molecule has 0 N–H and O–H groups in total. The van der Waals surface area contributed by atoms with Crippen molar-refractivity contribution in [3.63, 3.8) is 0 Å². The molecule has 3 heterocycles. The molecule has 9 atom stereocenters. The Labute approximate surface area is 210 Å². The van der Waals surface area contributed by atoms with E-state index in [9.17, 15) is 9.59 Å². The third-order valence-corrected chi connectivity index (χ3v) is 11.3. The van der Waals surface area contributed by atoms with Gasteiger partial charge < -0.3 is 14.2 Å². The lowest BCUT2D eigenvalue weighted by Gasteiger charge is -2.54. The minimum absolute atomic E-state index is 0.0816. The van der Waals surface area contributed by atoms with Crippen LogP contribution in [-0.2, 0) is 23.8 Å². The third kappa shape index (κ3) is 3.29. The molecular formula is C30H42O5. The summed E-state index contributed by atoms with van der Waals surface area (Å²) in [7, 11) is 0. The van der Waals surface area contributed by atoms with Crippen molar-refractivity contribution in [3.05, 3.63) is 23.3 Å². The number of ether oxygens (including phenoxy) is 3. The van der Waals surface area contributed by atoms with Crippen LogP contribution in [-0.4, -0.2) is 29.4 Å². The highest BCUT2D eigenvalue weighted by atomic mass is 16.7. The first-order chi connectivity index (χ1) is 16.4. The summed E-state index contributed by atoms with van der Waals surface area (Å²) in [5, 5.41) is 0. The van der Waals surface area contributed by atoms with Gasteiger partial charge in [-0.15, -0.1) is 0 Å². The van der Waals surface area contributed by atoms with Crippen LogP contribution in [0.5, 0.6) is 0 Å². The normalized spacial score (nSPS) is 50.5. The summed E-state index contributed by atoms with van der Waals surface area (Å²) in [6, 6.07) is 0. The Morgan fingerprint density at radius 2 is 1.57 bits per heavy atom. The number of rotatable bonds is 0. The molecule has 6 rings (SSSR count). The van der Waals surface area contributed by atoms with Crippen LogP contribution in [0.15, 0.2) is 23.3 Å². The predicted molar refractivity (Wildman–Crippen MR) is 132 cm³/mol. The topological polar surface area (TPSA) is 61.8 Å². The van der Waals surface area contributed by atoms with E-state index in [1.165, 1.54) is 5.57 Å². The summed E-state index contributed by atoms with van der Waals surface area (Å²) in [4.78, 5) is 24.6. The molecule has 0 unspecified atom stereocenters. The van der Waals surface area contributed by atoms with Crippen molar-refractivity contribution in [2.45, 2.75) is 110 Å². The molecule has 4 fully saturated rings. The van der Waals surface area contributed by atoms with Crippen LogP contribution in [0, 0.1) is 40.4 Å². The Balaban J connectivity index is 1.33. The van der Waals surface area contributed by atoms with E-state index in [1.807, 2.05) is 6.92 Å². The molecule has 0 aromatic carbocycles. The summed E-state index contributed by atoms with van der Waals surface area (Å²) in [6.07, 6.45) is 12.0. The molecule has 5 heteroatoms. The molecule has 0 aromatic heterocycles. The average Bonchev–Trinajstić information content (AvgIpc) is 2.99. The zero-order chi connectivity index (χ0) is 25.0. The van der Waals surface area contributed by atoms with Crippen LogP contribution in [0.2, 0.25) is 0 Å². The molecule has 0 bridgehead atoms. The minimum atomic E-state index is -0.719. The lowest BCUT2D eigenvalue weighted by Crippen LogP contribution is -2.51. The zero-order valence-electron chi connectivity index (χ0n) is 22.3. The maximum absolute atomic E-state index is 12.3. The van der Waals surface area contributed by atoms with Gasteiger partial charge >= 0.3 is 11.9 Å². The van der Waals surface area contributed by atoms with Crippen LogP contribution in [0.4, 0.5) is 0 Å². The van der Waals surface area contributed by atoms with Crippen LogP contribution in [0.3, 0.4) is 0 Å². The van der Waals surface area contributed by atoms with Gasteiger partial charge in [-0.05, 0) is 74.5 Å². The van der Waals surface area contributed by atoms with Gasteiger partial charge in [0, 0.05) is 18.8 Å². The second-order valence-corrected chi connectivity index (χ2v) is 13.7. The number of carbonyl (C=O) groups excluding carboxylic acids is 2. The Hall–Kier alpha value is -1.62. The van der Waals surface area contributed by atoms with Crippen molar-refractivity contribution in [1.82, 2.24) is 0 Å². The first kappa shape index (κ1) is 23.8. The molecule has 35 heavy (non-hydrogen) atoms. The van der Waals surface area contributed by atoms with Gasteiger partial charge in [0.2, 0.25) is 5.79 Å². The number of carbonyl (C=O) groups is 2. The number of cyclic esters (lactones) is 1. The Bertz CT molecular complexity index is 1020. The summed E-state index contributed by atoms with van der Waals surface area (Å²) < 4.78 is 18.6. The minimum Gasteiger partial charge on any atom is -0.459 e. The Morgan fingerprint density at radius 1 is 0.857 bits per heavy atom. The molecule has 0 radical (unpaired) electrons. The second kappa shape index (κ2) is 7.46. The Kier molecular flexibility index (Phi) is 5.06. The van der Waals surface area contributed by atoms with Crippen LogP contribution < -0.4 is 0 Å². The van der Waals surface area contributed by atoms with Gasteiger partial charge in [-0.25, -0.2) is 0 Å². The van der Waals surface area contributed by atoms with Crippen molar-refractivity contribution in [2.24, 2.45) is 40.4 Å². The van der Waals surface area contributed by atoms with Gasteiger partial charge in [-0.1, -0.05) is 51.0 Å². The third-order valence-electron chi connectivity index (χ3n) is 11.3. The fourth-order valence-electron chi connectivity index (χ4n) is 9.70. The first-order valence-electron chi connectivity index (χ1n) is 13.9. The standard InChI is InChI=1S/C30H42O5/c1-17-14-30(15-18(2)26(32)35-30)33-23-16-29(6)22-9-8-21-19(7-10-24(31)34-27(21,3)4)13-20(22)11-12-28(29,5)25(17)23/h7,11,17-18,21-23,25H,8-10,12-16H2,1-6H3/t17-,18-,21-,22-,23-,25+,28-,29+,30+/m1/s1. The summed E-state index contributed by atoms with van der Waals surface area (Å²) in [5.41, 5.74) is 2.78. The number of allylic oxidation sites excluding steroid dienone is 2. The lowest BCUT2D eigenvalue weighted by molar-refractivity contribution is -0.275. The first-order valence-corrected chi connectivity index (χ1v) is 13.9. The van der Waals surface area contributed by atoms with E-state index in [-0.39, 0.29) is 40.7 Å². The highest BCUT2D eigenvalue weighted by Crippen LogP contribution is 2.71. The molecule has 2 saturated carbocycles. The van der Waals surface area contributed by atoms with E-state index in [0.717, 1.165) is 38.5 Å². The van der Waals surface area contributed by atoms with Crippen molar-refractivity contribution < 1.29 is 23.8 Å². The molecule has 3 aliphatic carbocycles. The van der Waals surface area contributed by atoms with Crippen LogP contribution >= 0.6 is 0 Å². The maximum Gasteiger partial charge on any atom is 0.311 e. The largest absolute Gasteiger partial charge is 0.459 e. The molecular weight excluding hydrogens is 440 g/mol. The molecule has 1 spiro atoms. The van der Waals surface area contributed by atoms with Crippen molar-refractivity contribution >= 4 is 11.9 Å². The zero-order valence-corrected chi connectivity index (χ0v) is 22.3. The molecule has 5 nitrogen and oxygen atoms in total. The second-order valence-electron chi connectivity index (χ2n) is 13.7. The molecule has 6 aliphatic rings. The number of hydrogen-bond donors (Lipinski definition) is 0. The van der Waals surface area contributed by atoms with Crippen LogP contribution in [0.25, 0.3) is 0 Å². The number of hydrogen-bond acceptors (Lipinski definition) is 5. The highest BCUT2D eigenvalue weighted by Gasteiger charge is 2.68. The van der Waals surface area contributed by atoms with E-state index < -0.39 is 11.4 Å². The van der Waals surface area contributed by atoms with Crippen molar-refractivity contribution in [1.29, 1.82) is 0 Å². The fourth-order valence-corrected chi connectivity index (χ4v) is 9.70. The quantitative estimate of drug-likeness (QED) is 0.307. The van der Waals surface area contributed by atoms with Crippen molar-refractivity contribution in [2.75, 3.05) is 0 Å². The average molecular weight is 483 g/mol. The smallest absolute Gasteiger partial charge is 0.311 e.